The van der Waals surface area contributed by atoms with Crippen molar-refractivity contribution in [2.24, 2.45) is 11.7 Å². The molecule has 1 rings (SSSR count). The number of carbonyl (C=O) groups is 2. The molecule has 6 heteroatoms. The molecule has 1 unspecified atom stereocenters. The fourth-order valence-electron chi connectivity index (χ4n) is 1.72. The zero-order chi connectivity index (χ0) is 14.6. The Bertz CT molecular complexity index is 486. The van der Waals surface area contributed by atoms with Gasteiger partial charge in [-0.25, -0.2) is 9.78 Å². The van der Waals surface area contributed by atoms with E-state index in [0.717, 1.165) is 0 Å². The minimum Gasteiger partial charge on any atom is -0.480 e. The van der Waals surface area contributed by atoms with Crippen LogP contribution in [-0.4, -0.2) is 28.0 Å². The largest absolute Gasteiger partial charge is 0.480 e. The number of nitrogens with two attached hydrogens (primary N) is 1. The van der Waals surface area contributed by atoms with Gasteiger partial charge in [0.2, 0.25) is 0 Å². The number of carboxylic acids is 1. The lowest BCUT2D eigenvalue weighted by molar-refractivity contribution is -0.138. The third-order valence-electron chi connectivity index (χ3n) is 2.62. The highest BCUT2D eigenvalue weighted by atomic mass is 16.4. The molecule has 0 aliphatic carbocycles. The summed E-state index contributed by atoms with van der Waals surface area (Å²) < 4.78 is 0. The number of aromatic nitrogens is 1. The Kier molecular flexibility index (Phi) is 4.86. The summed E-state index contributed by atoms with van der Waals surface area (Å²) in [6, 6.07) is 2.40. The minimum atomic E-state index is -0.979. The van der Waals surface area contributed by atoms with Crippen LogP contribution in [0.1, 0.15) is 36.3 Å². The van der Waals surface area contributed by atoms with Crippen LogP contribution in [0.5, 0.6) is 0 Å². The summed E-state index contributed by atoms with van der Waals surface area (Å²) in [6.07, 6.45) is 0.434. The summed E-state index contributed by atoms with van der Waals surface area (Å²) >= 11 is 0. The molecular weight excluding hydrogens is 246 g/mol. The number of pyridine rings is 1. The second-order valence-electron chi connectivity index (χ2n) is 4.88. The van der Waals surface area contributed by atoms with Crippen molar-refractivity contribution in [1.29, 1.82) is 0 Å². The average molecular weight is 265 g/mol. The number of amides is 1. The van der Waals surface area contributed by atoms with Crippen LogP contribution >= 0.6 is 0 Å². The van der Waals surface area contributed by atoms with Crippen molar-refractivity contribution in [3.63, 3.8) is 0 Å². The van der Waals surface area contributed by atoms with Crippen LogP contribution in [0, 0.1) is 12.8 Å². The summed E-state index contributed by atoms with van der Waals surface area (Å²) in [4.78, 5) is 26.6. The smallest absolute Gasteiger partial charge is 0.326 e. The molecule has 0 aliphatic heterocycles. The normalized spacial score (nSPS) is 12.2. The average Bonchev–Trinajstić information content (AvgIpc) is 2.26. The molecule has 1 aromatic rings. The standard InChI is InChI=1S/C13H19N3O3/c1-7(2)6-10(13(18)19)16-12-9(11(14)17)5-4-8(3)15-12/h4-5,7,10H,6H2,1-3H3,(H2,14,17)(H,15,16)(H,18,19). The number of aryl methyl sites for hydroxylation is 1. The number of nitrogens with zero attached hydrogens (tertiary/aromatic N) is 1. The molecule has 4 N–H and O–H groups in total. The van der Waals surface area contributed by atoms with Crippen molar-refractivity contribution in [2.75, 3.05) is 5.32 Å². The van der Waals surface area contributed by atoms with Gasteiger partial charge in [0.25, 0.3) is 5.91 Å². The van der Waals surface area contributed by atoms with E-state index in [-0.39, 0.29) is 17.3 Å². The van der Waals surface area contributed by atoms with Gasteiger partial charge in [-0.2, -0.15) is 0 Å². The van der Waals surface area contributed by atoms with Gasteiger partial charge >= 0.3 is 5.97 Å². The molecule has 0 radical (unpaired) electrons. The first kappa shape index (κ1) is 14.9. The monoisotopic (exact) mass is 265 g/mol. The van der Waals surface area contributed by atoms with E-state index in [4.69, 9.17) is 5.73 Å². The van der Waals surface area contributed by atoms with Gasteiger partial charge in [0.1, 0.15) is 11.9 Å². The number of rotatable bonds is 6. The first-order chi connectivity index (χ1) is 8.81. The second-order valence-corrected chi connectivity index (χ2v) is 4.88. The number of hydrogen-bond donors (Lipinski definition) is 3. The van der Waals surface area contributed by atoms with Gasteiger partial charge in [0.05, 0.1) is 5.56 Å². The number of aliphatic carboxylic acids is 1. The molecule has 1 aromatic heterocycles. The van der Waals surface area contributed by atoms with E-state index in [1.807, 2.05) is 13.8 Å². The van der Waals surface area contributed by atoms with E-state index in [2.05, 4.69) is 10.3 Å². The number of nitrogens with one attached hydrogen (secondary N) is 1. The Balaban J connectivity index is 3.04. The second kappa shape index (κ2) is 6.17. The number of carbonyl (C=O) groups excluding carboxylic acids is 1. The van der Waals surface area contributed by atoms with Crippen molar-refractivity contribution in [3.05, 3.63) is 23.4 Å². The van der Waals surface area contributed by atoms with Gasteiger partial charge < -0.3 is 16.2 Å². The molecule has 1 heterocycles. The molecular formula is C13H19N3O3. The van der Waals surface area contributed by atoms with Crippen LogP contribution in [0.15, 0.2) is 12.1 Å². The van der Waals surface area contributed by atoms with Gasteiger partial charge in [-0.15, -0.1) is 0 Å². The maximum absolute atomic E-state index is 11.3. The van der Waals surface area contributed by atoms with Crippen molar-refractivity contribution < 1.29 is 14.7 Å². The number of primary amides is 1. The Morgan fingerprint density at radius 1 is 1.42 bits per heavy atom. The Hall–Kier alpha value is -2.11. The van der Waals surface area contributed by atoms with Gasteiger partial charge in [-0.05, 0) is 31.4 Å². The lowest BCUT2D eigenvalue weighted by Crippen LogP contribution is -2.32. The maximum Gasteiger partial charge on any atom is 0.326 e. The summed E-state index contributed by atoms with van der Waals surface area (Å²) in [5.41, 5.74) is 6.13. The molecule has 1 amide bonds. The fraction of sp³-hybridized carbons (Fsp3) is 0.462. The molecule has 0 bridgehead atoms. The Labute approximate surface area is 112 Å². The summed E-state index contributed by atoms with van der Waals surface area (Å²) in [7, 11) is 0. The molecule has 104 valence electrons. The molecule has 0 saturated carbocycles. The topological polar surface area (TPSA) is 105 Å². The van der Waals surface area contributed by atoms with Crippen LogP contribution in [0.2, 0.25) is 0 Å². The molecule has 0 aromatic carbocycles. The predicted octanol–water partition coefficient (Wildman–Crippen LogP) is 1.40. The first-order valence-electron chi connectivity index (χ1n) is 6.08. The van der Waals surface area contributed by atoms with Gasteiger partial charge in [-0.1, -0.05) is 13.8 Å². The molecule has 0 aliphatic rings. The van der Waals surface area contributed by atoms with Crippen LogP contribution in [0.3, 0.4) is 0 Å². The van der Waals surface area contributed by atoms with E-state index in [1.54, 1.807) is 19.1 Å². The first-order valence-corrected chi connectivity index (χ1v) is 6.08. The SMILES string of the molecule is Cc1ccc(C(N)=O)c(NC(CC(C)C)C(=O)O)n1. The summed E-state index contributed by atoms with van der Waals surface area (Å²) in [5.74, 6) is -1.19. The third kappa shape index (κ3) is 4.24. The number of hydrogen-bond acceptors (Lipinski definition) is 4. The van der Waals surface area contributed by atoms with Crippen molar-refractivity contribution in [3.8, 4) is 0 Å². The minimum absolute atomic E-state index is 0.195. The quantitative estimate of drug-likeness (QED) is 0.721. The highest BCUT2D eigenvalue weighted by Gasteiger charge is 2.21. The summed E-state index contributed by atoms with van der Waals surface area (Å²) in [5, 5.41) is 12.0. The van der Waals surface area contributed by atoms with Gasteiger partial charge in [0, 0.05) is 5.69 Å². The van der Waals surface area contributed by atoms with Crippen LogP contribution in [0.25, 0.3) is 0 Å². The van der Waals surface area contributed by atoms with E-state index >= 15 is 0 Å². The number of anilines is 1. The van der Waals surface area contributed by atoms with Crippen LogP contribution in [-0.2, 0) is 4.79 Å². The highest BCUT2D eigenvalue weighted by Crippen LogP contribution is 2.17. The molecule has 0 fully saturated rings. The molecule has 19 heavy (non-hydrogen) atoms. The summed E-state index contributed by atoms with van der Waals surface area (Å²) in [6.45, 7) is 5.61. The fourth-order valence-corrected chi connectivity index (χ4v) is 1.72. The Morgan fingerprint density at radius 2 is 2.05 bits per heavy atom. The molecule has 1 atom stereocenters. The van der Waals surface area contributed by atoms with E-state index < -0.39 is 17.9 Å². The zero-order valence-electron chi connectivity index (χ0n) is 11.3. The van der Waals surface area contributed by atoms with Crippen molar-refractivity contribution in [1.82, 2.24) is 4.98 Å². The highest BCUT2D eigenvalue weighted by molar-refractivity contribution is 5.98. The van der Waals surface area contributed by atoms with Crippen LogP contribution in [0.4, 0.5) is 5.82 Å². The predicted molar refractivity (Wildman–Crippen MR) is 72.0 cm³/mol. The Morgan fingerprint density at radius 3 is 2.53 bits per heavy atom. The third-order valence-corrected chi connectivity index (χ3v) is 2.62. The van der Waals surface area contributed by atoms with E-state index in [9.17, 15) is 14.7 Å². The molecule has 6 nitrogen and oxygen atoms in total. The van der Waals surface area contributed by atoms with E-state index in [0.29, 0.717) is 12.1 Å². The lowest BCUT2D eigenvalue weighted by Gasteiger charge is -2.18. The maximum atomic E-state index is 11.3. The van der Waals surface area contributed by atoms with Gasteiger partial charge in [0.15, 0.2) is 0 Å². The van der Waals surface area contributed by atoms with E-state index in [1.165, 1.54) is 0 Å². The zero-order valence-corrected chi connectivity index (χ0v) is 11.3. The number of carboxylic acid groups (broad SMARTS) is 1. The lowest BCUT2D eigenvalue weighted by atomic mass is 10.0. The van der Waals surface area contributed by atoms with Crippen molar-refractivity contribution >= 4 is 17.7 Å². The van der Waals surface area contributed by atoms with Crippen molar-refractivity contribution in [2.45, 2.75) is 33.2 Å². The molecule has 0 saturated heterocycles. The van der Waals surface area contributed by atoms with Gasteiger partial charge in [-0.3, -0.25) is 4.79 Å². The molecule has 0 spiro atoms. The van der Waals surface area contributed by atoms with Crippen LogP contribution < -0.4 is 11.1 Å².